The van der Waals surface area contributed by atoms with Crippen LogP contribution in [0.4, 0.5) is 11.6 Å². The molecule has 0 amide bonds. The van der Waals surface area contributed by atoms with Gasteiger partial charge in [0.15, 0.2) is 0 Å². The highest BCUT2D eigenvalue weighted by Crippen LogP contribution is 2.36. The molecule has 0 saturated carbocycles. The summed E-state index contributed by atoms with van der Waals surface area (Å²) in [7, 11) is 0. The fourth-order valence-electron chi connectivity index (χ4n) is 3.99. The Bertz CT molecular complexity index is 755. The van der Waals surface area contributed by atoms with Crippen LogP contribution in [-0.2, 0) is 5.41 Å². The zero-order valence-corrected chi connectivity index (χ0v) is 15.5. The fraction of sp³-hybridized carbons (Fsp3) is 0.579. The molecule has 25 heavy (non-hydrogen) atoms. The van der Waals surface area contributed by atoms with E-state index in [0.717, 1.165) is 49.2 Å². The average Bonchev–Trinajstić information content (AvgIpc) is 3.13. The van der Waals surface area contributed by atoms with Gasteiger partial charge in [-0.2, -0.15) is 0 Å². The van der Waals surface area contributed by atoms with Gasteiger partial charge in [-0.1, -0.05) is 20.8 Å². The van der Waals surface area contributed by atoms with Crippen molar-refractivity contribution in [1.82, 2.24) is 19.9 Å². The molecule has 2 unspecified atom stereocenters. The fourth-order valence-corrected chi connectivity index (χ4v) is 3.99. The summed E-state index contributed by atoms with van der Waals surface area (Å²) in [6.45, 7) is 12.8. The van der Waals surface area contributed by atoms with Crippen LogP contribution in [0.2, 0.25) is 0 Å². The van der Waals surface area contributed by atoms with E-state index in [4.69, 9.17) is 0 Å². The molecule has 0 aliphatic carbocycles. The summed E-state index contributed by atoms with van der Waals surface area (Å²) in [5.74, 6) is 3.43. The SMILES string of the molecule is Cc1nccnc1N1CC2CN(c3cc(C(C)(C)C)ncn3)CC2C1. The van der Waals surface area contributed by atoms with Crippen molar-refractivity contribution in [3.8, 4) is 0 Å². The Morgan fingerprint density at radius 3 is 2.16 bits per heavy atom. The lowest BCUT2D eigenvalue weighted by atomic mass is 9.92. The van der Waals surface area contributed by atoms with Gasteiger partial charge in [-0.3, -0.25) is 4.98 Å². The van der Waals surface area contributed by atoms with Gasteiger partial charge in [0.1, 0.15) is 18.0 Å². The lowest BCUT2D eigenvalue weighted by Crippen LogP contribution is -2.30. The highest BCUT2D eigenvalue weighted by Gasteiger charge is 2.41. The molecule has 2 aliphatic heterocycles. The number of anilines is 2. The first kappa shape index (κ1) is 16.2. The van der Waals surface area contributed by atoms with E-state index in [-0.39, 0.29) is 5.41 Å². The summed E-state index contributed by atoms with van der Waals surface area (Å²) >= 11 is 0. The van der Waals surface area contributed by atoms with E-state index in [0.29, 0.717) is 11.8 Å². The molecule has 0 radical (unpaired) electrons. The van der Waals surface area contributed by atoms with Crippen LogP contribution in [0.1, 0.15) is 32.2 Å². The minimum Gasteiger partial charge on any atom is -0.356 e. The first-order valence-electron chi connectivity index (χ1n) is 9.02. The number of nitrogens with zero attached hydrogens (tertiary/aromatic N) is 6. The summed E-state index contributed by atoms with van der Waals surface area (Å²) in [6, 6.07) is 2.16. The van der Waals surface area contributed by atoms with Gasteiger partial charge in [-0.05, 0) is 6.92 Å². The quantitative estimate of drug-likeness (QED) is 0.838. The maximum Gasteiger partial charge on any atom is 0.150 e. The normalized spacial score (nSPS) is 23.2. The van der Waals surface area contributed by atoms with Crippen LogP contribution in [0.3, 0.4) is 0 Å². The summed E-state index contributed by atoms with van der Waals surface area (Å²) < 4.78 is 0. The van der Waals surface area contributed by atoms with E-state index >= 15 is 0 Å². The molecule has 132 valence electrons. The second kappa shape index (κ2) is 5.93. The van der Waals surface area contributed by atoms with Gasteiger partial charge in [-0.15, -0.1) is 0 Å². The first-order chi connectivity index (χ1) is 11.9. The third kappa shape index (κ3) is 3.05. The molecular formula is C19H26N6. The van der Waals surface area contributed by atoms with Crippen molar-refractivity contribution in [1.29, 1.82) is 0 Å². The third-order valence-corrected chi connectivity index (χ3v) is 5.39. The zero-order chi connectivity index (χ0) is 17.6. The lowest BCUT2D eigenvalue weighted by Gasteiger charge is -2.25. The molecule has 4 rings (SSSR count). The Labute approximate surface area is 149 Å². The van der Waals surface area contributed by atoms with Crippen molar-refractivity contribution in [2.75, 3.05) is 36.0 Å². The Balaban J connectivity index is 1.47. The van der Waals surface area contributed by atoms with E-state index < -0.39 is 0 Å². The van der Waals surface area contributed by atoms with Gasteiger partial charge < -0.3 is 9.80 Å². The van der Waals surface area contributed by atoms with Crippen LogP contribution >= 0.6 is 0 Å². The maximum atomic E-state index is 4.53. The maximum absolute atomic E-state index is 4.53. The molecule has 0 N–H and O–H groups in total. The zero-order valence-electron chi connectivity index (χ0n) is 15.5. The number of hydrogen-bond acceptors (Lipinski definition) is 6. The van der Waals surface area contributed by atoms with Gasteiger partial charge in [0.05, 0.1) is 11.4 Å². The van der Waals surface area contributed by atoms with Crippen LogP contribution in [0.25, 0.3) is 0 Å². The highest BCUT2D eigenvalue weighted by atomic mass is 15.3. The molecule has 2 saturated heterocycles. The number of aromatic nitrogens is 4. The van der Waals surface area contributed by atoms with Gasteiger partial charge in [0, 0.05) is 61.9 Å². The molecular weight excluding hydrogens is 312 g/mol. The van der Waals surface area contributed by atoms with Crippen molar-refractivity contribution in [3.05, 3.63) is 36.2 Å². The summed E-state index contributed by atoms with van der Waals surface area (Å²) in [6.07, 6.45) is 5.26. The minimum absolute atomic E-state index is 0.0492. The summed E-state index contributed by atoms with van der Waals surface area (Å²) in [5.41, 5.74) is 2.17. The van der Waals surface area contributed by atoms with Crippen LogP contribution in [0.15, 0.2) is 24.8 Å². The van der Waals surface area contributed by atoms with E-state index in [9.17, 15) is 0 Å². The van der Waals surface area contributed by atoms with E-state index in [2.05, 4.69) is 56.6 Å². The van der Waals surface area contributed by atoms with Crippen molar-refractivity contribution in [2.45, 2.75) is 33.1 Å². The minimum atomic E-state index is 0.0492. The largest absolute Gasteiger partial charge is 0.356 e. The monoisotopic (exact) mass is 338 g/mol. The molecule has 2 fully saturated rings. The Morgan fingerprint density at radius 1 is 0.880 bits per heavy atom. The van der Waals surface area contributed by atoms with E-state index in [1.165, 1.54) is 0 Å². The second-order valence-electron chi connectivity index (χ2n) is 8.31. The molecule has 4 heterocycles. The molecule has 6 heteroatoms. The third-order valence-electron chi connectivity index (χ3n) is 5.39. The van der Waals surface area contributed by atoms with E-state index in [1.807, 2.05) is 6.92 Å². The van der Waals surface area contributed by atoms with Crippen molar-refractivity contribution in [3.63, 3.8) is 0 Å². The molecule has 0 spiro atoms. The van der Waals surface area contributed by atoms with Gasteiger partial charge >= 0.3 is 0 Å². The smallest absolute Gasteiger partial charge is 0.150 e. The van der Waals surface area contributed by atoms with Crippen LogP contribution in [0.5, 0.6) is 0 Å². The number of hydrogen-bond donors (Lipinski definition) is 0. The Hall–Kier alpha value is -2.24. The molecule has 2 atom stereocenters. The standard InChI is InChI=1S/C19H26N6/c1-13-18(21-6-5-20-13)25-10-14-8-24(9-15(14)11-25)17-7-16(19(2,3)4)22-12-23-17/h5-7,12,14-15H,8-11H2,1-4H3. The Morgan fingerprint density at radius 2 is 1.52 bits per heavy atom. The lowest BCUT2D eigenvalue weighted by molar-refractivity contribution is 0.533. The molecule has 2 aliphatic rings. The van der Waals surface area contributed by atoms with Crippen LogP contribution < -0.4 is 9.80 Å². The summed E-state index contributed by atoms with van der Waals surface area (Å²) in [4.78, 5) is 22.7. The van der Waals surface area contributed by atoms with Crippen LogP contribution in [-0.4, -0.2) is 46.1 Å². The molecule has 2 aromatic rings. The number of aryl methyl sites for hydroxylation is 1. The predicted molar refractivity (Wildman–Crippen MR) is 98.9 cm³/mol. The second-order valence-corrected chi connectivity index (χ2v) is 8.31. The highest BCUT2D eigenvalue weighted by molar-refractivity contribution is 5.47. The van der Waals surface area contributed by atoms with Crippen molar-refractivity contribution >= 4 is 11.6 Å². The molecule has 6 nitrogen and oxygen atoms in total. The van der Waals surface area contributed by atoms with E-state index in [1.54, 1.807) is 18.7 Å². The van der Waals surface area contributed by atoms with Gasteiger partial charge in [-0.25, -0.2) is 15.0 Å². The van der Waals surface area contributed by atoms with Gasteiger partial charge in [0.2, 0.25) is 0 Å². The molecule has 2 aromatic heterocycles. The molecule has 0 aromatic carbocycles. The first-order valence-corrected chi connectivity index (χ1v) is 9.02. The predicted octanol–water partition coefficient (Wildman–Crippen LogP) is 2.45. The number of fused-ring (bicyclic) bond motifs is 1. The average molecular weight is 338 g/mol. The number of rotatable bonds is 2. The molecule has 0 bridgehead atoms. The Kier molecular flexibility index (Phi) is 3.85. The van der Waals surface area contributed by atoms with Crippen molar-refractivity contribution < 1.29 is 0 Å². The topological polar surface area (TPSA) is 58.0 Å². The van der Waals surface area contributed by atoms with Crippen LogP contribution in [0, 0.1) is 18.8 Å². The van der Waals surface area contributed by atoms with Gasteiger partial charge in [0.25, 0.3) is 0 Å². The van der Waals surface area contributed by atoms with Crippen molar-refractivity contribution in [2.24, 2.45) is 11.8 Å². The summed E-state index contributed by atoms with van der Waals surface area (Å²) in [5, 5.41) is 0.